The molecule has 16 nitrogen and oxygen atoms in total. The van der Waals surface area contributed by atoms with E-state index in [0.29, 0.717) is 60.6 Å². The van der Waals surface area contributed by atoms with E-state index in [1.807, 2.05) is 60.7 Å². The first-order valence-electron chi connectivity index (χ1n) is 21.4. The van der Waals surface area contributed by atoms with Crippen molar-refractivity contribution in [1.29, 1.82) is 0 Å². The number of sulfonamides is 1. The highest BCUT2D eigenvalue weighted by molar-refractivity contribution is 7.91. The number of methoxy groups -OCH3 is 1. The average molecular weight is 854 g/mol. The minimum atomic E-state index is -3.92. The lowest BCUT2D eigenvalue weighted by molar-refractivity contribution is -0.141. The van der Waals surface area contributed by atoms with E-state index in [0.717, 1.165) is 49.5 Å². The summed E-state index contributed by atoms with van der Waals surface area (Å²) in [6.45, 7) is -0.0372. The molecule has 3 N–H and O–H groups in total. The molecule has 0 bridgehead atoms. The summed E-state index contributed by atoms with van der Waals surface area (Å²) in [5.74, 6) is -1.38. The summed E-state index contributed by atoms with van der Waals surface area (Å²) in [5, 5.41) is 10.7. The first-order chi connectivity index (χ1) is 29.5. The van der Waals surface area contributed by atoms with Gasteiger partial charge in [-0.15, -0.1) is 0 Å². The van der Waals surface area contributed by atoms with E-state index in [1.165, 1.54) is 4.90 Å². The number of hydrogen-bond donors (Lipinski definition) is 3. The van der Waals surface area contributed by atoms with Gasteiger partial charge in [-0.1, -0.05) is 49.3 Å². The Labute approximate surface area is 353 Å². The maximum Gasteiger partial charge on any atom is 0.408 e. The number of carbonyl (C=O) groups excluding carboxylic acids is 4. The van der Waals surface area contributed by atoms with Crippen LogP contribution < -0.4 is 24.8 Å². The van der Waals surface area contributed by atoms with Crippen molar-refractivity contribution in [1.82, 2.24) is 34.9 Å². The summed E-state index contributed by atoms with van der Waals surface area (Å²) in [6, 6.07) is 14.7. The fraction of sp³-hybridized carbons (Fsp3) is 0.500. The van der Waals surface area contributed by atoms with Gasteiger partial charge in [-0.2, -0.15) is 9.61 Å². The van der Waals surface area contributed by atoms with Gasteiger partial charge >= 0.3 is 6.09 Å². The second-order valence-corrected chi connectivity index (χ2v) is 18.9. The number of nitrogens with one attached hydrogen (secondary N) is 3. The Morgan fingerprint density at radius 1 is 0.934 bits per heavy atom. The van der Waals surface area contributed by atoms with Gasteiger partial charge in [0.05, 0.1) is 30.1 Å². The van der Waals surface area contributed by atoms with E-state index in [-0.39, 0.29) is 25.5 Å². The van der Waals surface area contributed by atoms with Crippen molar-refractivity contribution < 1.29 is 41.8 Å². The molecule has 5 atom stereocenters. The first-order valence-corrected chi connectivity index (χ1v) is 23.0. The van der Waals surface area contributed by atoms with E-state index >= 15 is 0 Å². The number of amides is 4. The summed E-state index contributed by atoms with van der Waals surface area (Å²) >= 11 is 0. The number of hydrogen-bond acceptors (Lipinski definition) is 11. The average Bonchev–Trinajstić information content (AvgIpc) is 4.06. The van der Waals surface area contributed by atoms with Crippen LogP contribution in [0.3, 0.4) is 0 Å². The second-order valence-electron chi connectivity index (χ2n) is 17.0. The molecule has 4 aromatic rings. The fourth-order valence-electron chi connectivity index (χ4n) is 8.97. The zero-order valence-electron chi connectivity index (χ0n) is 34.1. The second kappa shape index (κ2) is 16.6. The summed E-state index contributed by atoms with van der Waals surface area (Å²) in [6.07, 6.45) is 10.00. The van der Waals surface area contributed by atoms with Gasteiger partial charge in [-0.3, -0.25) is 19.1 Å². The molecule has 61 heavy (non-hydrogen) atoms. The zero-order valence-corrected chi connectivity index (χ0v) is 34.9. The number of ether oxygens (including phenoxy) is 3. The Hall–Kier alpha value is -5.71. The third kappa shape index (κ3) is 8.48. The predicted molar refractivity (Wildman–Crippen MR) is 224 cm³/mol. The lowest BCUT2D eigenvalue weighted by Gasteiger charge is -2.30. The summed E-state index contributed by atoms with van der Waals surface area (Å²) < 4.78 is 47.8. The van der Waals surface area contributed by atoms with Crippen LogP contribution in [0.25, 0.3) is 27.8 Å². The Morgan fingerprint density at radius 3 is 2.54 bits per heavy atom. The number of benzene rings is 2. The van der Waals surface area contributed by atoms with Gasteiger partial charge in [0.25, 0.3) is 5.91 Å². The van der Waals surface area contributed by atoms with Gasteiger partial charge in [0.2, 0.25) is 27.7 Å². The van der Waals surface area contributed by atoms with E-state index in [9.17, 15) is 27.6 Å². The quantitative estimate of drug-likeness (QED) is 0.193. The van der Waals surface area contributed by atoms with E-state index < -0.39 is 68.7 Å². The lowest BCUT2D eigenvalue weighted by Crippen LogP contribution is -2.58. The highest BCUT2D eigenvalue weighted by Gasteiger charge is 2.62. The summed E-state index contributed by atoms with van der Waals surface area (Å²) in [7, 11) is -2.33. The number of aromatic nitrogens is 3. The molecule has 4 heterocycles. The van der Waals surface area contributed by atoms with Crippen LogP contribution in [-0.4, -0.2) is 100 Å². The monoisotopic (exact) mass is 853 g/mol. The van der Waals surface area contributed by atoms with Gasteiger partial charge in [0.1, 0.15) is 35.6 Å². The van der Waals surface area contributed by atoms with Crippen molar-refractivity contribution >= 4 is 50.4 Å². The molecule has 3 aliphatic carbocycles. The first kappa shape index (κ1) is 40.7. The number of nitrogens with zero attached hydrogens (tertiary/aromatic N) is 4. The van der Waals surface area contributed by atoms with Gasteiger partial charge in [0.15, 0.2) is 5.65 Å². The van der Waals surface area contributed by atoms with Crippen molar-refractivity contribution in [3.05, 3.63) is 66.7 Å². The molecular formula is C44H51N7O9S. The van der Waals surface area contributed by atoms with E-state index in [1.54, 1.807) is 17.7 Å². The molecule has 17 heteroatoms. The maximum absolute atomic E-state index is 14.8. The molecule has 5 aliphatic rings. The Bertz CT molecular complexity index is 2500. The molecule has 3 saturated carbocycles. The van der Waals surface area contributed by atoms with Crippen LogP contribution in [-0.2, 0) is 29.1 Å². The molecule has 4 amide bonds. The predicted octanol–water partition coefficient (Wildman–Crippen LogP) is 4.95. The van der Waals surface area contributed by atoms with Gasteiger partial charge in [-0.05, 0) is 88.5 Å². The van der Waals surface area contributed by atoms with Crippen LogP contribution in [0.2, 0.25) is 0 Å². The number of carbonyl (C=O) groups is 4. The number of rotatable bonds is 9. The van der Waals surface area contributed by atoms with Crippen LogP contribution in [0, 0.1) is 5.92 Å². The molecule has 9 rings (SSSR count). The van der Waals surface area contributed by atoms with Crippen molar-refractivity contribution in [3.8, 4) is 22.9 Å². The molecule has 2 aliphatic heterocycles. The molecule has 2 aromatic heterocycles. The molecule has 0 radical (unpaired) electrons. The van der Waals surface area contributed by atoms with Crippen LogP contribution in [0.4, 0.5) is 4.79 Å². The SMILES string of the molecule is COc1cccc(-c2cc(O[C@@H]3C[C@H]4C(=O)N[C@]5(C(=O)NS(=O)(=O)C6CC6)C[C@H]5/C=C\CCCCC[C@@H](NC(=O)OC5CCCC5)C(=O)N4C3)n3nc4ccccc4c3n2)c1. The Balaban J connectivity index is 1.06. The van der Waals surface area contributed by atoms with E-state index in [2.05, 4.69) is 15.4 Å². The van der Waals surface area contributed by atoms with Crippen molar-refractivity contribution in [2.24, 2.45) is 5.92 Å². The lowest BCUT2D eigenvalue weighted by atomic mass is 10.0. The van der Waals surface area contributed by atoms with Gasteiger partial charge < -0.3 is 29.7 Å². The maximum atomic E-state index is 14.8. The minimum absolute atomic E-state index is 0.0223. The van der Waals surface area contributed by atoms with Gasteiger partial charge in [0, 0.05) is 29.4 Å². The van der Waals surface area contributed by atoms with Crippen molar-refractivity contribution in [2.75, 3.05) is 13.7 Å². The third-order valence-electron chi connectivity index (χ3n) is 12.6. The minimum Gasteiger partial charge on any atom is -0.497 e. The van der Waals surface area contributed by atoms with E-state index in [4.69, 9.17) is 24.3 Å². The van der Waals surface area contributed by atoms with Crippen molar-refractivity contribution in [2.45, 2.75) is 119 Å². The normalized spacial score (nSPS) is 26.7. The Morgan fingerprint density at radius 2 is 1.74 bits per heavy atom. The molecular weight excluding hydrogens is 803 g/mol. The zero-order chi connectivity index (χ0) is 42.3. The van der Waals surface area contributed by atoms with Crippen LogP contribution in [0.1, 0.15) is 83.5 Å². The smallest absolute Gasteiger partial charge is 0.408 e. The standard InChI is InChI=1S/C44H51N7O9S/c1-58-30-16-11-12-27(22-30)36-24-38(51-39(45-36)33-17-9-10-18-34(33)48-51)59-31-23-37-40(52)47-44(42(54)49-61(56,57)32-20-21-32)25-28(44)13-5-3-2-4-6-19-35(41(53)50(37)26-31)46-43(55)60-29-14-7-8-15-29/h5,9-13,16-18,22,24,28-29,31-32,35,37H,2-4,6-8,14-15,19-21,23,25-26H2,1H3,(H,46,55)(H,47,52)(H,49,54)/b13-5-/t28-,31-,35-,37+,44-/m1/s1. The third-order valence-corrected chi connectivity index (χ3v) is 14.4. The molecule has 0 unspecified atom stereocenters. The number of allylic oxidation sites excluding steroid dienone is 1. The van der Waals surface area contributed by atoms with Crippen molar-refractivity contribution in [3.63, 3.8) is 0 Å². The number of fused-ring (bicyclic) bond motifs is 5. The molecule has 1 saturated heterocycles. The molecule has 4 fully saturated rings. The van der Waals surface area contributed by atoms with Crippen LogP contribution >= 0.6 is 0 Å². The van der Waals surface area contributed by atoms with Gasteiger partial charge in [-0.25, -0.2) is 18.2 Å². The van der Waals surface area contributed by atoms with Crippen LogP contribution in [0.15, 0.2) is 66.7 Å². The molecule has 322 valence electrons. The topological polar surface area (TPSA) is 200 Å². The highest BCUT2D eigenvalue weighted by atomic mass is 32.2. The summed E-state index contributed by atoms with van der Waals surface area (Å²) in [5.41, 5.74) is 1.06. The largest absolute Gasteiger partial charge is 0.497 e. The summed E-state index contributed by atoms with van der Waals surface area (Å²) in [4.78, 5) is 63.0. The highest BCUT2D eigenvalue weighted by Crippen LogP contribution is 2.46. The fourth-order valence-corrected chi connectivity index (χ4v) is 10.3. The number of alkyl carbamates (subject to hydrolysis) is 1. The van der Waals surface area contributed by atoms with Crippen LogP contribution in [0.5, 0.6) is 11.6 Å². The molecule has 0 spiro atoms. The molecule has 2 aromatic carbocycles. The Kier molecular flexibility index (Phi) is 11.1.